The molecule has 0 saturated heterocycles. The van der Waals surface area contributed by atoms with Crippen LogP contribution in [0, 0.1) is 6.92 Å². The molecule has 1 rings (SSSR count). The molecule has 0 aliphatic rings. The Morgan fingerprint density at radius 1 is 1.45 bits per heavy atom. The summed E-state index contributed by atoms with van der Waals surface area (Å²) < 4.78 is 9.84. The zero-order valence-electron chi connectivity index (χ0n) is 13.3. The van der Waals surface area contributed by atoms with Gasteiger partial charge in [-0.25, -0.2) is 4.79 Å². The molecule has 22 heavy (non-hydrogen) atoms. The highest BCUT2D eigenvalue weighted by atomic mass is 16.5. The van der Waals surface area contributed by atoms with Gasteiger partial charge in [-0.05, 0) is 13.3 Å². The maximum atomic E-state index is 12.1. The number of hydrogen-bond acceptors (Lipinski definition) is 5. The van der Waals surface area contributed by atoms with E-state index in [1.807, 2.05) is 6.92 Å². The Labute approximate surface area is 130 Å². The Morgan fingerprint density at radius 2 is 2.23 bits per heavy atom. The lowest BCUT2D eigenvalue weighted by atomic mass is 10.3. The fourth-order valence-corrected chi connectivity index (χ4v) is 1.72. The van der Waals surface area contributed by atoms with Gasteiger partial charge in [-0.3, -0.25) is 4.79 Å². The molecule has 0 bridgehead atoms. The Hall–Kier alpha value is -2.09. The lowest BCUT2D eigenvalue weighted by Gasteiger charge is -2.22. The smallest absolute Gasteiger partial charge is 0.317 e. The Kier molecular flexibility index (Phi) is 7.98. The number of aryl methyl sites for hydroxylation is 1. The molecule has 0 atom stereocenters. The predicted molar refractivity (Wildman–Crippen MR) is 81.6 cm³/mol. The van der Waals surface area contributed by atoms with E-state index >= 15 is 0 Å². The van der Waals surface area contributed by atoms with Crippen molar-refractivity contribution >= 4 is 17.8 Å². The van der Waals surface area contributed by atoms with Crippen molar-refractivity contribution in [2.45, 2.75) is 26.7 Å². The molecule has 0 radical (unpaired) electrons. The number of unbranched alkanes of at least 4 members (excludes halogenated alkanes) is 1. The molecule has 3 amide bonds. The van der Waals surface area contributed by atoms with E-state index in [9.17, 15) is 9.59 Å². The minimum Gasteiger partial charge on any atom is -0.383 e. The van der Waals surface area contributed by atoms with Crippen molar-refractivity contribution < 1.29 is 18.8 Å². The number of methoxy groups -OCH3 is 1. The predicted octanol–water partition coefficient (Wildman–Crippen LogP) is 1.38. The fraction of sp³-hybridized carbons (Fsp3) is 0.643. The molecule has 0 saturated carbocycles. The monoisotopic (exact) mass is 312 g/mol. The number of anilines is 1. The number of nitrogens with one attached hydrogen (secondary N) is 2. The summed E-state index contributed by atoms with van der Waals surface area (Å²) in [5.41, 5.74) is 0. The Bertz CT molecular complexity index is 475. The number of amides is 3. The molecule has 0 aliphatic carbocycles. The molecule has 1 aromatic rings. The van der Waals surface area contributed by atoms with E-state index in [1.54, 1.807) is 20.1 Å². The molecular formula is C14H24N4O4. The van der Waals surface area contributed by atoms with E-state index in [2.05, 4.69) is 15.8 Å². The highest BCUT2D eigenvalue weighted by molar-refractivity contribution is 5.93. The Balaban J connectivity index is 2.51. The molecule has 8 nitrogen and oxygen atoms in total. The van der Waals surface area contributed by atoms with Gasteiger partial charge >= 0.3 is 6.03 Å². The van der Waals surface area contributed by atoms with Gasteiger partial charge in [0.05, 0.1) is 6.61 Å². The second kappa shape index (κ2) is 9.78. The third kappa shape index (κ3) is 6.57. The summed E-state index contributed by atoms with van der Waals surface area (Å²) in [6, 6.07) is 1.33. The Morgan fingerprint density at radius 3 is 2.82 bits per heavy atom. The van der Waals surface area contributed by atoms with Crippen LogP contribution in [0.15, 0.2) is 10.6 Å². The second-order valence-corrected chi connectivity index (χ2v) is 4.87. The number of rotatable bonds is 9. The molecular weight excluding hydrogens is 288 g/mol. The molecule has 0 fully saturated rings. The van der Waals surface area contributed by atoms with Gasteiger partial charge in [0.1, 0.15) is 12.3 Å². The largest absolute Gasteiger partial charge is 0.383 e. The third-order valence-electron chi connectivity index (χ3n) is 2.89. The van der Waals surface area contributed by atoms with Gasteiger partial charge in [0, 0.05) is 26.3 Å². The summed E-state index contributed by atoms with van der Waals surface area (Å²) in [5.74, 6) is 0.597. The molecule has 0 aliphatic heterocycles. The van der Waals surface area contributed by atoms with Crippen LogP contribution in [0.1, 0.15) is 25.5 Å². The average Bonchev–Trinajstić information content (AvgIpc) is 2.88. The molecule has 8 heteroatoms. The number of nitrogens with zero attached hydrogens (tertiary/aromatic N) is 2. The average molecular weight is 312 g/mol. The van der Waals surface area contributed by atoms with Gasteiger partial charge in [0.25, 0.3) is 0 Å². The summed E-state index contributed by atoms with van der Waals surface area (Å²) in [5, 5.41) is 9.05. The van der Waals surface area contributed by atoms with Gasteiger partial charge in [-0.2, -0.15) is 0 Å². The topological polar surface area (TPSA) is 96.7 Å². The molecule has 1 heterocycles. The van der Waals surface area contributed by atoms with Crippen LogP contribution in [0.5, 0.6) is 0 Å². The fourth-order valence-electron chi connectivity index (χ4n) is 1.72. The first kappa shape index (κ1) is 18.0. The third-order valence-corrected chi connectivity index (χ3v) is 2.89. The van der Waals surface area contributed by atoms with Crippen LogP contribution >= 0.6 is 0 Å². The standard InChI is InChI=1S/C14H24N4O4/c1-4-5-6-15-14(20)18(7-8-21-3)10-13(19)16-12-9-11(2)22-17-12/h9H,4-8,10H2,1-3H3,(H,15,20)(H,16,17,19). The number of urea groups is 1. The first-order valence-electron chi connectivity index (χ1n) is 7.31. The van der Waals surface area contributed by atoms with E-state index in [4.69, 9.17) is 9.26 Å². The molecule has 0 unspecified atom stereocenters. The summed E-state index contributed by atoms with van der Waals surface area (Å²) in [7, 11) is 1.55. The van der Waals surface area contributed by atoms with Crippen LogP contribution in [-0.2, 0) is 9.53 Å². The highest BCUT2D eigenvalue weighted by Gasteiger charge is 2.17. The summed E-state index contributed by atoms with van der Waals surface area (Å²) in [4.78, 5) is 25.4. The maximum Gasteiger partial charge on any atom is 0.317 e. The van der Waals surface area contributed by atoms with Gasteiger partial charge in [0.15, 0.2) is 5.82 Å². The van der Waals surface area contributed by atoms with E-state index in [1.165, 1.54) is 4.90 Å². The SMILES string of the molecule is CCCCNC(=O)N(CCOC)CC(=O)Nc1cc(C)on1. The maximum absolute atomic E-state index is 12.1. The van der Waals surface area contributed by atoms with Crippen LogP contribution in [0.2, 0.25) is 0 Å². The summed E-state index contributed by atoms with van der Waals surface area (Å²) in [6.07, 6.45) is 1.89. The number of carbonyl (C=O) groups is 2. The number of carbonyl (C=O) groups excluding carboxylic acids is 2. The zero-order valence-corrected chi connectivity index (χ0v) is 13.3. The van der Waals surface area contributed by atoms with Crippen molar-refractivity contribution in [2.75, 3.05) is 38.7 Å². The lowest BCUT2D eigenvalue weighted by molar-refractivity contribution is -0.116. The van der Waals surface area contributed by atoms with Crippen molar-refractivity contribution in [2.24, 2.45) is 0 Å². The van der Waals surface area contributed by atoms with Crippen molar-refractivity contribution in [1.82, 2.24) is 15.4 Å². The lowest BCUT2D eigenvalue weighted by Crippen LogP contribution is -2.45. The van der Waals surface area contributed by atoms with Crippen molar-refractivity contribution in [3.63, 3.8) is 0 Å². The zero-order chi connectivity index (χ0) is 16.4. The van der Waals surface area contributed by atoms with Crippen molar-refractivity contribution in [1.29, 1.82) is 0 Å². The summed E-state index contributed by atoms with van der Waals surface area (Å²) in [6.45, 7) is 4.98. The van der Waals surface area contributed by atoms with E-state index in [0.717, 1.165) is 12.8 Å². The van der Waals surface area contributed by atoms with Gasteiger partial charge in [-0.1, -0.05) is 18.5 Å². The van der Waals surface area contributed by atoms with Crippen molar-refractivity contribution in [3.8, 4) is 0 Å². The number of ether oxygens (including phenoxy) is 1. The normalized spacial score (nSPS) is 10.3. The molecule has 2 N–H and O–H groups in total. The van der Waals surface area contributed by atoms with E-state index in [-0.39, 0.29) is 18.5 Å². The van der Waals surface area contributed by atoms with Crippen LogP contribution in [-0.4, -0.2) is 55.3 Å². The molecule has 0 spiro atoms. The van der Waals surface area contributed by atoms with Gasteiger partial charge in [-0.15, -0.1) is 0 Å². The number of hydrogen-bond donors (Lipinski definition) is 2. The molecule has 0 aromatic carbocycles. The minimum absolute atomic E-state index is 0.0762. The van der Waals surface area contributed by atoms with E-state index in [0.29, 0.717) is 31.3 Å². The van der Waals surface area contributed by atoms with E-state index < -0.39 is 0 Å². The van der Waals surface area contributed by atoms with Gasteiger partial charge < -0.3 is 24.8 Å². The van der Waals surface area contributed by atoms with Crippen LogP contribution < -0.4 is 10.6 Å². The second-order valence-electron chi connectivity index (χ2n) is 4.87. The minimum atomic E-state index is -0.338. The van der Waals surface area contributed by atoms with Gasteiger partial charge in [0.2, 0.25) is 5.91 Å². The molecule has 124 valence electrons. The molecule has 1 aromatic heterocycles. The quantitative estimate of drug-likeness (QED) is 0.671. The first-order valence-corrected chi connectivity index (χ1v) is 7.31. The van der Waals surface area contributed by atoms with Crippen LogP contribution in [0.4, 0.5) is 10.6 Å². The van der Waals surface area contributed by atoms with Crippen LogP contribution in [0.25, 0.3) is 0 Å². The van der Waals surface area contributed by atoms with Crippen molar-refractivity contribution in [3.05, 3.63) is 11.8 Å². The number of aromatic nitrogens is 1. The highest BCUT2D eigenvalue weighted by Crippen LogP contribution is 2.06. The first-order chi connectivity index (χ1) is 10.6. The summed E-state index contributed by atoms with van der Waals surface area (Å²) >= 11 is 0. The van der Waals surface area contributed by atoms with Crippen LogP contribution in [0.3, 0.4) is 0 Å².